The van der Waals surface area contributed by atoms with Crippen molar-refractivity contribution in [1.82, 2.24) is 15.1 Å². The van der Waals surface area contributed by atoms with Crippen LogP contribution in [0.25, 0.3) is 0 Å². The summed E-state index contributed by atoms with van der Waals surface area (Å²) in [5, 5.41) is 7.42. The standard InChI is InChI=1S/C9H13N5O3S/c10-11-8-2-1-7(12-13-8)9(15)14-3-5-18(16,17)6-4-14/h1-2H,3-6,10H2,(H,11,13). The number of nitrogen functional groups attached to an aromatic ring is 1. The van der Waals surface area contributed by atoms with E-state index in [1.807, 2.05) is 0 Å². The van der Waals surface area contributed by atoms with Crippen LogP contribution in [0.1, 0.15) is 10.5 Å². The summed E-state index contributed by atoms with van der Waals surface area (Å²) in [6.07, 6.45) is 0. The second-order valence-corrected chi connectivity index (χ2v) is 6.20. The molecule has 1 aliphatic heterocycles. The molecule has 1 fully saturated rings. The third-order valence-corrected chi connectivity index (χ3v) is 4.27. The average Bonchev–Trinajstić information content (AvgIpc) is 2.38. The van der Waals surface area contributed by atoms with E-state index in [1.165, 1.54) is 17.0 Å². The van der Waals surface area contributed by atoms with Crippen LogP contribution < -0.4 is 11.3 Å². The van der Waals surface area contributed by atoms with E-state index < -0.39 is 9.84 Å². The van der Waals surface area contributed by atoms with Crippen molar-refractivity contribution in [3.8, 4) is 0 Å². The second-order valence-electron chi connectivity index (χ2n) is 3.89. The highest BCUT2D eigenvalue weighted by atomic mass is 32.2. The molecule has 1 saturated heterocycles. The fourth-order valence-electron chi connectivity index (χ4n) is 1.60. The lowest BCUT2D eigenvalue weighted by Gasteiger charge is -2.26. The number of sulfone groups is 1. The second kappa shape index (κ2) is 4.86. The Kier molecular flexibility index (Phi) is 3.43. The highest BCUT2D eigenvalue weighted by molar-refractivity contribution is 7.91. The van der Waals surface area contributed by atoms with Crippen molar-refractivity contribution in [2.75, 3.05) is 30.0 Å². The van der Waals surface area contributed by atoms with E-state index in [1.54, 1.807) is 0 Å². The van der Waals surface area contributed by atoms with Gasteiger partial charge in [-0.05, 0) is 12.1 Å². The molecule has 0 aliphatic carbocycles. The molecule has 3 N–H and O–H groups in total. The lowest BCUT2D eigenvalue weighted by Crippen LogP contribution is -2.44. The van der Waals surface area contributed by atoms with Crippen LogP contribution >= 0.6 is 0 Å². The van der Waals surface area contributed by atoms with Crippen LogP contribution in [0.3, 0.4) is 0 Å². The van der Waals surface area contributed by atoms with Crippen molar-refractivity contribution in [2.45, 2.75) is 0 Å². The summed E-state index contributed by atoms with van der Waals surface area (Å²) in [5.41, 5.74) is 2.48. The van der Waals surface area contributed by atoms with Gasteiger partial charge in [0.1, 0.15) is 0 Å². The van der Waals surface area contributed by atoms with Crippen molar-refractivity contribution in [1.29, 1.82) is 0 Å². The number of hydrogen-bond acceptors (Lipinski definition) is 7. The minimum atomic E-state index is -3.00. The SMILES string of the molecule is NNc1ccc(C(=O)N2CCS(=O)(=O)CC2)nn1. The summed E-state index contributed by atoms with van der Waals surface area (Å²) in [4.78, 5) is 13.4. The van der Waals surface area contributed by atoms with Crippen LogP contribution in [-0.2, 0) is 9.84 Å². The molecule has 1 aromatic heterocycles. The number of anilines is 1. The minimum absolute atomic E-state index is 0.00535. The Morgan fingerprint density at radius 1 is 1.28 bits per heavy atom. The molecule has 98 valence electrons. The van der Waals surface area contributed by atoms with E-state index >= 15 is 0 Å². The first-order valence-electron chi connectivity index (χ1n) is 5.32. The Morgan fingerprint density at radius 2 is 1.94 bits per heavy atom. The highest BCUT2D eigenvalue weighted by Crippen LogP contribution is 2.09. The molecule has 18 heavy (non-hydrogen) atoms. The zero-order chi connectivity index (χ0) is 13.2. The number of rotatable bonds is 2. The number of hydrazine groups is 1. The monoisotopic (exact) mass is 271 g/mol. The van der Waals surface area contributed by atoms with Gasteiger partial charge in [-0.2, -0.15) is 0 Å². The van der Waals surface area contributed by atoms with Gasteiger partial charge in [0, 0.05) is 13.1 Å². The zero-order valence-electron chi connectivity index (χ0n) is 9.54. The molecule has 8 nitrogen and oxygen atoms in total. The molecular weight excluding hydrogens is 258 g/mol. The van der Waals surface area contributed by atoms with Crippen molar-refractivity contribution in [2.24, 2.45) is 5.84 Å². The van der Waals surface area contributed by atoms with Gasteiger partial charge in [-0.15, -0.1) is 10.2 Å². The predicted molar refractivity (Wildman–Crippen MR) is 64.4 cm³/mol. The van der Waals surface area contributed by atoms with E-state index in [9.17, 15) is 13.2 Å². The van der Waals surface area contributed by atoms with Crippen molar-refractivity contribution in [3.63, 3.8) is 0 Å². The summed E-state index contributed by atoms with van der Waals surface area (Å²) < 4.78 is 22.5. The van der Waals surface area contributed by atoms with Crippen LogP contribution in [0.15, 0.2) is 12.1 Å². The molecule has 2 heterocycles. The van der Waals surface area contributed by atoms with Gasteiger partial charge in [0.2, 0.25) is 0 Å². The average molecular weight is 271 g/mol. The molecule has 0 saturated carbocycles. The third-order valence-electron chi connectivity index (χ3n) is 2.66. The summed E-state index contributed by atoms with van der Waals surface area (Å²) in [7, 11) is -3.00. The predicted octanol–water partition coefficient (Wildman–Crippen LogP) is -1.37. The van der Waals surface area contributed by atoms with Gasteiger partial charge in [0.05, 0.1) is 11.5 Å². The summed E-state index contributed by atoms with van der Waals surface area (Å²) in [6, 6.07) is 3.02. The number of carbonyl (C=O) groups is 1. The molecule has 1 aliphatic rings. The van der Waals surface area contributed by atoms with Gasteiger partial charge in [0.25, 0.3) is 5.91 Å². The molecular formula is C9H13N5O3S. The molecule has 9 heteroatoms. The number of nitrogens with one attached hydrogen (secondary N) is 1. The molecule has 0 spiro atoms. The lowest BCUT2D eigenvalue weighted by atomic mass is 10.3. The Labute approximate surface area is 104 Å². The molecule has 0 unspecified atom stereocenters. The topological polar surface area (TPSA) is 118 Å². The summed E-state index contributed by atoms with van der Waals surface area (Å²) in [6.45, 7) is 0.388. The normalized spacial score (nSPS) is 18.4. The first-order chi connectivity index (χ1) is 8.52. The maximum Gasteiger partial charge on any atom is 0.274 e. The van der Waals surface area contributed by atoms with Crippen molar-refractivity contribution >= 4 is 21.6 Å². The quantitative estimate of drug-likeness (QED) is 0.503. The Bertz CT molecular complexity index is 528. The van der Waals surface area contributed by atoms with Crippen LogP contribution in [0.5, 0.6) is 0 Å². The van der Waals surface area contributed by atoms with E-state index in [-0.39, 0.29) is 36.2 Å². The van der Waals surface area contributed by atoms with Gasteiger partial charge in [-0.1, -0.05) is 0 Å². The minimum Gasteiger partial charge on any atom is -0.335 e. The number of amides is 1. The van der Waals surface area contributed by atoms with Crippen LogP contribution in [0, 0.1) is 0 Å². The number of carbonyl (C=O) groups excluding carboxylic acids is 1. The smallest absolute Gasteiger partial charge is 0.274 e. The number of hydrogen-bond donors (Lipinski definition) is 2. The van der Waals surface area contributed by atoms with Gasteiger partial charge in [-0.25, -0.2) is 14.3 Å². The van der Waals surface area contributed by atoms with Gasteiger partial charge in [-0.3, -0.25) is 4.79 Å². The van der Waals surface area contributed by atoms with Gasteiger partial charge in [0.15, 0.2) is 21.3 Å². The van der Waals surface area contributed by atoms with E-state index in [4.69, 9.17) is 5.84 Å². The molecule has 0 bridgehead atoms. The van der Waals surface area contributed by atoms with Crippen molar-refractivity contribution in [3.05, 3.63) is 17.8 Å². The van der Waals surface area contributed by atoms with Crippen LogP contribution in [0.2, 0.25) is 0 Å². The number of aromatic nitrogens is 2. The zero-order valence-corrected chi connectivity index (χ0v) is 10.4. The molecule has 1 amide bonds. The third kappa shape index (κ3) is 2.74. The number of nitrogens with zero attached hydrogens (tertiary/aromatic N) is 3. The number of nitrogens with two attached hydrogens (primary N) is 1. The van der Waals surface area contributed by atoms with E-state index in [0.29, 0.717) is 5.82 Å². The van der Waals surface area contributed by atoms with Gasteiger partial charge >= 0.3 is 0 Å². The molecule has 1 aromatic rings. The highest BCUT2D eigenvalue weighted by Gasteiger charge is 2.26. The van der Waals surface area contributed by atoms with Crippen LogP contribution in [0.4, 0.5) is 5.82 Å². The first kappa shape index (κ1) is 12.7. The molecule has 0 aromatic carbocycles. The Balaban J connectivity index is 2.07. The largest absolute Gasteiger partial charge is 0.335 e. The van der Waals surface area contributed by atoms with E-state index in [2.05, 4.69) is 15.6 Å². The van der Waals surface area contributed by atoms with Crippen LogP contribution in [-0.4, -0.2) is 54.0 Å². The fourth-order valence-corrected chi connectivity index (χ4v) is 2.80. The Hall–Kier alpha value is -1.74. The Morgan fingerprint density at radius 3 is 2.44 bits per heavy atom. The first-order valence-corrected chi connectivity index (χ1v) is 7.14. The fraction of sp³-hybridized carbons (Fsp3) is 0.444. The lowest BCUT2D eigenvalue weighted by molar-refractivity contribution is 0.0763. The van der Waals surface area contributed by atoms with E-state index in [0.717, 1.165) is 0 Å². The van der Waals surface area contributed by atoms with Crippen molar-refractivity contribution < 1.29 is 13.2 Å². The van der Waals surface area contributed by atoms with Gasteiger partial charge < -0.3 is 10.3 Å². The molecule has 0 radical (unpaired) electrons. The summed E-state index contributed by atoms with van der Waals surface area (Å²) in [5.74, 6) is 5.16. The molecule has 0 atom stereocenters. The maximum atomic E-state index is 12.0. The maximum absolute atomic E-state index is 12.0. The summed E-state index contributed by atoms with van der Waals surface area (Å²) >= 11 is 0. The molecule has 2 rings (SSSR count).